The van der Waals surface area contributed by atoms with E-state index >= 15 is 0 Å². The quantitative estimate of drug-likeness (QED) is 0.804. The Morgan fingerprint density at radius 2 is 2.15 bits per heavy atom. The first-order valence-electron chi connectivity index (χ1n) is 7.79. The highest BCUT2D eigenvalue weighted by Crippen LogP contribution is 2.20. The molecule has 2 N–H and O–H groups in total. The molecule has 2 heterocycles. The van der Waals surface area contributed by atoms with Crippen molar-refractivity contribution in [3.8, 4) is 0 Å². The summed E-state index contributed by atoms with van der Waals surface area (Å²) in [5.41, 5.74) is 7.91. The fraction of sp³-hybridized carbons (Fsp3) is 0.625. The molecule has 2 aromatic heterocycles. The Hall–Kier alpha value is -1.42. The van der Waals surface area contributed by atoms with Crippen molar-refractivity contribution in [3.05, 3.63) is 24.3 Å². The molecule has 1 unspecified atom stereocenters. The molecule has 0 aliphatic carbocycles. The van der Waals surface area contributed by atoms with Gasteiger partial charge in [-0.3, -0.25) is 4.98 Å². The standard InChI is InChI=1S/C16H26N4/c1-3-11-20-15-8-10-18-12-14(15)19-16(20)6-5-13(4-2)7-9-17/h8,10,12-13H,3-7,9,11,17H2,1-2H3. The van der Waals surface area contributed by atoms with E-state index in [2.05, 4.69) is 29.5 Å². The van der Waals surface area contributed by atoms with E-state index in [4.69, 9.17) is 10.7 Å². The molecule has 0 fully saturated rings. The van der Waals surface area contributed by atoms with Gasteiger partial charge in [-0.15, -0.1) is 0 Å². The zero-order valence-corrected chi connectivity index (χ0v) is 12.7. The molecule has 4 heteroatoms. The first-order valence-corrected chi connectivity index (χ1v) is 7.79. The average Bonchev–Trinajstić information content (AvgIpc) is 2.82. The van der Waals surface area contributed by atoms with E-state index in [-0.39, 0.29) is 0 Å². The Labute approximate surface area is 121 Å². The number of aryl methyl sites for hydroxylation is 2. The second-order valence-electron chi connectivity index (χ2n) is 5.43. The fourth-order valence-corrected chi connectivity index (χ4v) is 2.82. The van der Waals surface area contributed by atoms with Crippen molar-refractivity contribution in [3.63, 3.8) is 0 Å². The van der Waals surface area contributed by atoms with Crippen molar-refractivity contribution >= 4 is 11.0 Å². The molecule has 0 bridgehead atoms. The number of fused-ring (bicyclic) bond motifs is 1. The maximum atomic E-state index is 5.68. The number of hydrogen-bond acceptors (Lipinski definition) is 3. The van der Waals surface area contributed by atoms with Crippen LogP contribution in [0, 0.1) is 5.92 Å². The van der Waals surface area contributed by atoms with Crippen molar-refractivity contribution in [2.24, 2.45) is 11.7 Å². The minimum absolute atomic E-state index is 0.716. The summed E-state index contributed by atoms with van der Waals surface area (Å²) in [5.74, 6) is 1.92. The van der Waals surface area contributed by atoms with Crippen LogP contribution in [0.5, 0.6) is 0 Å². The molecule has 0 aliphatic rings. The maximum absolute atomic E-state index is 5.68. The van der Waals surface area contributed by atoms with Gasteiger partial charge in [-0.1, -0.05) is 20.3 Å². The molecule has 110 valence electrons. The van der Waals surface area contributed by atoms with Crippen LogP contribution >= 0.6 is 0 Å². The third kappa shape index (κ3) is 3.37. The highest BCUT2D eigenvalue weighted by Gasteiger charge is 2.12. The molecule has 0 aliphatic heterocycles. The fourth-order valence-electron chi connectivity index (χ4n) is 2.82. The average molecular weight is 274 g/mol. The number of nitrogens with two attached hydrogens (primary N) is 1. The van der Waals surface area contributed by atoms with Gasteiger partial charge in [0.25, 0.3) is 0 Å². The van der Waals surface area contributed by atoms with Crippen molar-refractivity contribution < 1.29 is 0 Å². The lowest BCUT2D eigenvalue weighted by Gasteiger charge is -2.14. The second kappa shape index (κ2) is 7.39. The predicted molar refractivity (Wildman–Crippen MR) is 83.6 cm³/mol. The molecule has 0 spiro atoms. The molecule has 4 nitrogen and oxygen atoms in total. The second-order valence-corrected chi connectivity index (χ2v) is 5.43. The number of hydrogen-bond donors (Lipinski definition) is 1. The topological polar surface area (TPSA) is 56.7 Å². The maximum Gasteiger partial charge on any atom is 0.109 e. The summed E-state index contributed by atoms with van der Waals surface area (Å²) < 4.78 is 2.35. The summed E-state index contributed by atoms with van der Waals surface area (Å²) in [5, 5.41) is 0. The van der Waals surface area contributed by atoms with Gasteiger partial charge in [0.05, 0.1) is 11.7 Å². The summed E-state index contributed by atoms with van der Waals surface area (Å²) in [6, 6.07) is 2.07. The number of imidazole rings is 1. The lowest BCUT2D eigenvalue weighted by atomic mass is 9.96. The summed E-state index contributed by atoms with van der Waals surface area (Å²) >= 11 is 0. The van der Waals surface area contributed by atoms with E-state index in [1.807, 2.05) is 12.4 Å². The Balaban J connectivity index is 2.17. The Kier molecular flexibility index (Phi) is 5.53. The van der Waals surface area contributed by atoms with Crippen LogP contribution in [-0.2, 0) is 13.0 Å². The molecule has 0 radical (unpaired) electrons. The zero-order chi connectivity index (χ0) is 14.4. The van der Waals surface area contributed by atoms with Crippen LogP contribution in [0.25, 0.3) is 11.0 Å². The Bertz CT molecular complexity index is 532. The molecule has 0 amide bonds. The van der Waals surface area contributed by atoms with E-state index < -0.39 is 0 Å². The molecular weight excluding hydrogens is 248 g/mol. The van der Waals surface area contributed by atoms with E-state index in [9.17, 15) is 0 Å². The lowest BCUT2D eigenvalue weighted by Crippen LogP contribution is -2.11. The van der Waals surface area contributed by atoms with E-state index in [0.29, 0.717) is 5.92 Å². The van der Waals surface area contributed by atoms with Gasteiger partial charge in [0.1, 0.15) is 11.3 Å². The number of nitrogens with zero attached hydrogens (tertiary/aromatic N) is 3. The third-order valence-electron chi connectivity index (χ3n) is 4.01. The normalized spacial score (nSPS) is 12.9. The summed E-state index contributed by atoms with van der Waals surface area (Å²) in [4.78, 5) is 8.94. The molecule has 20 heavy (non-hydrogen) atoms. The summed E-state index contributed by atoms with van der Waals surface area (Å²) in [7, 11) is 0. The zero-order valence-electron chi connectivity index (χ0n) is 12.7. The van der Waals surface area contributed by atoms with Gasteiger partial charge < -0.3 is 10.3 Å². The van der Waals surface area contributed by atoms with Gasteiger partial charge in [0, 0.05) is 19.2 Å². The first kappa shape index (κ1) is 15.0. The molecule has 0 saturated carbocycles. The third-order valence-corrected chi connectivity index (χ3v) is 4.01. The Morgan fingerprint density at radius 3 is 2.85 bits per heavy atom. The largest absolute Gasteiger partial charge is 0.330 e. The summed E-state index contributed by atoms with van der Waals surface area (Å²) in [6.07, 6.45) is 9.37. The molecular formula is C16H26N4. The molecule has 2 rings (SSSR count). The molecule has 1 atom stereocenters. The van der Waals surface area contributed by atoms with Gasteiger partial charge in [-0.2, -0.15) is 0 Å². The Morgan fingerprint density at radius 1 is 1.30 bits per heavy atom. The van der Waals surface area contributed by atoms with Gasteiger partial charge in [-0.25, -0.2) is 4.98 Å². The predicted octanol–water partition coefficient (Wildman–Crippen LogP) is 3.15. The molecule has 0 saturated heterocycles. The number of pyridine rings is 1. The molecule has 2 aromatic rings. The van der Waals surface area contributed by atoms with E-state index in [0.717, 1.165) is 37.9 Å². The van der Waals surface area contributed by atoms with Crippen LogP contribution in [0.15, 0.2) is 18.5 Å². The monoisotopic (exact) mass is 274 g/mol. The highest BCUT2D eigenvalue weighted by atomic mass is 15.1. The van der Waals surface area contributed by atoms with Gasteiger partial charge in [0.15, 0.2) is 0 Å². The van der Waals surface area contributed by atoms with Crippen LogP contribution in [0.2, 0.25) is 0 Å². The van der Waals surface area contributed by atoms with Crippen LogP contribution in [0.3, 0.4) is 0 Å². The summed E-state index contributed by atoms with van der Waals surface area (Å²) in [6.45, 7) is 6.27. The minimum Gasteiger partial charge on any atom is -0.330 e. The minimum atomic E-state index is 0.716. The van der Waals surface area contributed by atoms with Crippen LogP contribution < -0.4 is 5.73 Å². The van der Waals surface area contributed by atoms with Crippen LogP contribution in [0.1, 0.15) is 45.4 Å². The van der Waals surface area contributed by atoms with Crippen molar-refractivity contribution in [2.75, 3.05) is 6.54 Å². The van der Waals surface area contributed by atoms with Crippen molar-refractivity contribution in [1.82, 2.24) is 14.5 Å². The van der Waals surface area contributed by atoms with Crippen molar-refractivity contribution in [2.45, 2.75) is 52.5 Å². The van der Waals surface area contributed by atoms with Gasteiger partial charge >= 0.3 is 0 Å². The number of rotatable bonds is 8. The first-order chi connectivity index (χ1) is 9.80. The van der Waals surface area contributed by atoms with Crippen LogP contribution in [-0.4, -0.2) is 21.1 Å². The highest BCUT2D eigenvalue weighted by molar-refractivity contribution is 5.74. The van der Waals surface area contributed by atoms with Crippen LogP contribution in [0.4, 0.5) is 0 Å². The van der Waals surface area contributed by atoms with E-state index in [1.165, 1.54) is 24.2 Å². The smallest absolute Gasteiger partial charge is 0.109 e. The lowest BCUT2D eigenvalue weighted by molar-refractivity contribution is 0.435. The van der Waals surface area contributed by atoms with Gasteiger partial charge in [-0.05, 0) is 37.8 Å². The van der Waals surface area contributed by atoms with E-state index in [1.54, 1.807) is 0 Å². The van der Waals surface area contributed by atoms with Gasteiger partial charge in [0.2, 0.25) is 0 Å². The van der Waals surface area contributed by atoms with Crippen molar-refractivity contribution in [1.29, 1.82) is 0 Å². The number of aromatic nitrogens is 3. The SMILES string of the molecule is CCCn1c(CCC(CC)CCN)nc2cnccc21. The molecule has 0 aromatic carbocycles.